The van der Waals surface area contributed by atoms with Crippen molar-refractivity contribution in [1.82, 2.24) is 9.80 Å². The number of rotatable bonds is 11. The van der Waals surface area contributed by atoms with Crippen LogP contribution >= 0.6 is 0 Å². The molecule has 1 atom stereocenters. The van der Waals surface area contributed by atoms with Crippen molar-refractivity contribution in [2.75, 3.05) is 6.54 Å². The van der Waals surface area contributed by atoms with Crippen LogP contribution in [-0.4, -0.2) is 22.5 Å². The van der Waals surface area contributed by atoms with Crippen LogP contribution in [0.4, 0.5) is 0 Å². The van der Waals surface area contributed by atoms with E-state index >= 15 is 0 Å². The van der Waals surface area contributed by atoms with Gasteiger partial charge in [0.15, 0.2) is 0 Å². The molecule has 2 heteroatoms. The first-order valence-corrected chi connectivity index (χ1v) is 9.59. The first-order chi connectivity index (χ1) is 11.3. The molecule has 0 fully saturated rings. The highest BCUT2D eigenvalue weighted by molar-refractivity contribution is 5.15. The Morgan fingerprint density at radius 1 is 0.783 bits per heavy atom. The Morgan fingerprint density at radius 2 is 1.48 bits per heavy atom. The summed E-state index contributed by atoms with van der Waals surface area (Å²) >= 11 is 0. The Balaban J connectivity index is 1.85. The lowest BCUT2D eigenvalue weighted by atomic mass is 10.1. The van der Waals surface area contributed by atoms with Crippen molar-refractivity contribution in [3.63, 3.8) is 0 Å². The first-order valence-electron chi connectivity index (χ1n) is 9.59. The van der Waals surface area contributed by atoms with Crippen LogP contribution in [0.2, 0.25) is 0 Å². The van der Waals surface area contributed by atoms with Gasteiger partial charge < -0.3 is 9.80 Å². The van der Waals surface area contributed by atoms with Crippen molar-refractivity contribution in [2.45, 2.75) is 77.9 Å². The van der Waals surface area contributed by atoms with Gasteiger partial charge in [-0.25, -0.2) is 0 Å². The lowest BCUT2D eigenvalue weighted by Gasteiger charge is -2.33. The summed E-state index contributed by atoms with van der Waals surface area (Å²) in [6, 6.07) is 10.8. The molecule has 0 amide bonds. The number of hydrogen-bond acceptors (Lipinski definition) is 2. The largest absolute Gasteiger partial charge is 0.356 e. The van der Waals surface area contributed by atoms with Gasteiger partial charge in [-0.2, -0.15) is 0 Å². The number of hydrogen-bond donors (Lipinski definition) is 0. The van der Waals surface area contributed by atoms with E-state index in [1.807, 2.05) is 0 Å². The Morgan fingerprint density at radius 3 is 2.22 bits per heavy atom. The first kappa shape index (κ1) is 17.9. The maximum Gasteiger partial charge on any atom is 0.101 e. The number of nitrogens with zero attached hydrogens (tertiary/aromatic N) is 2. The maximum atomic E-state index is 2.57. The summed E-state index contributed by atoms with van der Waals surface area (Å²) < 4.78 is 0. The minimum Gasteiger partial charge on any atom is -0.356 e. The van der Waals surface area contributed by atoms with E-state index in [2.05, 4.69) is 66.4 Å². The molecule has 0 aromatic heterocycles. The highest BCUT2D eigenvalue weighted by Crippen LogP contribution is 2.24. The third kappa shape index (κ3) is 5.93. The molecule has 0 saturated heterocycles. The summed E-state index contributed by atoms with van der Waals surface area (Å²) in [5, 5.41) is 0. The van der Waals surface area contributed by atoms with Gasteiger partial charge >= 0.3 is 0 Å². The van der Waals surface area contributed by atoms with Gasteiger partial charge in [-0.15, -0.1) is 0 Å². The summed E-state index contributed by atoms with van der Waals surface area (Å²) in [6.45, 7) is 6.81. The lowest BCUT2D eigenvalue weighted by molar-refractivity contribution is 0.133. The number of benzene rings is 1. The third-order valence-corrected chi connectivity index (χ3v) is 4.76. The average molecular weight is 315 g/mol. The van der Waals surface area contributed by atoms with E-state index in [0.29, 0.717) is 6.17 Å². The SMILES string of the molecule is CCCCCCCN1C=CN(Cc2ccccc2)C1CCCC. The van der Waals surface area contributed by atoms with Crippen molar-refractivity contribution < 1.29 is 0 Å². The lowest BCUT2D eigenvalue weighted by Crippen LogP contribution is -2.38. The predicted molar refractivity (Wildman–Crippen MR) is 99.9 cm³/mol. The molecular weight excluding hydrogens is 280 g/mol. The Hall–Kier alpha value is -1.44. The highest BCUT2D eigenvalue weighted by atomic mass is 15.4. The van der Waals surface area contributed by atoms with E-state index in [1.165, 1.54) is 63.5 Å². The molecule has 0 saturated carbocycles. The third-order valence-electron chi connectivity index (χ3n) is 4.76. The monoisotopic (exact) mass is 314 g/mol. The van der Waals surface area contributed by atoms with E-state index in [9.17, 15) is 0 Å². The highest BCUT2D eigenvalue weighted by Gasteiger charge is 2.25. The molecule has 1 heterocycles. The maximum absolute atomic E-state index is 2.57. The van der Waals surface area contributed by atoms with E-state index in [-0.39, 0.29) is 0 Å². The minimum atomic E-state index is 0.557. The number of unbranched alkanes of at least 4 members (excludes halogenated alkanes) is 5. The zero-order valence-corrected chi connectivity index (χ0v) is 15.1. The second-order valence-corrected chi connectivity index (χ2v) is 6.73. The zero-order chi connectivity index (χ0) is 16.3. The van der Waals surface area contributed by atoms with Gasteiger partial charge in [0.25, 0.3) is 0 Å². The van der Waals surface area contributed by atoms with Crippen molar-refractivity contribution >= 4 is 0 Å². The molecule has 0 bridgehead atoms. The molecule has 1 aliphatic rings. The van der Waals surface area contributed by atoms with Gasteiger partial charge in [0.2, 0.25) is 0 Å². The van der Waals surface area contributed by atoms with Crippen molar-refractivity contribution in [1.29, 1.82) is 0 Å². The average Bonchev–Trinajstić information content (AvgIpc) is 2.95. The van der Waals surface area contributed by atoms with Crippen molar-refractivity contribution in [3.8, 4) is 0 Å². The Kier molecular flexibility index (Phi) is 8.06. The normalized spacial score (nSPS) is 17.2. The molecule has 2 nitrogen and oxygen atoms in total. The molecule has 2 rings (SSSR count). The summed E-state index contributed by atoms with van der Waals surface area (Å²) in [5.41, 5.74) is 1.41. The molecule has 0 spiro atoms. The van der Waals surface area contributed by atoms with Crippen LogP contribution in [-0.2, 0) is 6.54 Å². The van der Waals surface area contributed by atoms with Crippen molar-refractivity contribution in [3.05, 3.63) is 48.3 Å². The van der Waals surface area contributed by atoms with Gasteiger partial charge in [-0.3, -0.25) is 0 Å². The summed E-state index contributed by atoms with van der Waals surface area (Å²) in [5.74, 6) is 0. The fourth-order valence-corrected chi connectivity index (χ4v) is 3.35. The quantitative estimate of drug-likeness (QED) is 0.479. The van der Waals surface area contributed by atoms with Crippen LogP contribution in [0.25, 0.3) is 0 Å². The molecular formula is C21H34N2. The minimum absolute atomic E-state index is 0.557. The molecule has 23 heavy (non-hydrogen) atoms. The van der Waals surface area contributed by atoms with Crippen molar-refractivity contribution in [2.24, 2.45) is 0 Å². The molecule has 128 valence electrons. The van der Waals surface area contributed by atoms with Gasteiger partial charge in [0.1, 0.15) is 6.17 Å². The van der Waals surface area contributed by atoms with Gasteiger partial charge in [-0.1, -0.05) is 76.3 Å². The molecule has 1 aromatic rings. The van der Waals surface area contributed by atoms with E-state index in [4.69, 9.17) is 0 Å². The van der Waals surface area contributed by atoms with Crippen LogP contribution in [0.3, 0.4) is 0 Å². The fourth-order valence-electron chi connectivity index (χ4n) is 3.35. The summed E-state index contributed by atoms with van der Waals surface area (Å²) in [6.07, 6.45) is 15.8. The Bertz CT molecular complexity index is 440. The van der Waals surface area contributed by atoms with Gasteiger partial charge in [-0.05, 0) is 24.8 Å². The summed E-state index contributed by atoms with van der Waals surface area (Å²) in [7, 11) is 0. The molecule has 1 aliphatic heterocycles. The Labute approximate surface area is 143 Å². The van der Waals surface area contributed by atoms with Crippen LogP contribution < -0.4 is 0 Å². The molecule has 0 radical (unpaired) electrons. The standard InChI is InChI=1S/C21H34N2/c1-3-5-7-8-12-16-22-17-18-23(21(22)15-6-4-2)19-20-13-10-9-11-14-20/h9-11,13-14,17-18,21H,3-8,12,15-16,19H2,1-2H3. The van der Waals surface area contributed by atoms with Crippen LogP contribution in [0.5, 0.6) is 0 Å². The van der Waals surface area contributed by atoms with Gasteiger partial charge in [0, 0.05) is 25.5 Å². The molecule has 1 aromatic carbocycles. The predicted octanol–water partition coefficient (Wildman–Crippen LogP) is 5.76. The molecule has 0 aliphatic carbocycles. The van der Waals surface area contributed by atoms with Crippen LogP contribution in [0.15, 0.2) is 42.7 Å². The molecule has 1 unspecified atom stereocenters. The van der Waals surface area contributed by atoms with E-state index < -0.39 is 0 Å². The zero-order valence-electron chi connectivity index (χ0n) is 15.1. The second kappa shape index (κ2) is 10.4. The van der Waals surface area contributed by atoms with Gasteiger partial charge in [0.05, 0.1) is 0 Å². The molecule has 0 N–H and O–H groups in total. The van der Waals surface area contributed by atoms with Crippen LogP contribution in [0, 0.1) is 0 Å². The summed E-state index contributed by atoms with van der Waals surface area (Å²) in [4.78, 5) is 5.10. The second-order valence-electron chi connectivity index (χ2n) is 6.73. The van der Waals surface area contributed by atoms with Crippen LogP contribution in [0.1, 0.15) is 70.8 Å². The topological polar surface area (TPSA) is 6.48 Å². The fraction of sp³-hybridized carbons (Fsp3) is 0.619. The smallest absolute Gasteiger partial charge is 0.101 e. The van der Waals surface area contributed by atoms with E-state index in [0.717, 1.165) is 6.54 Å². The van der Waals surface area contributed by atoms with E-state index in [1.54, 1.807) is 0 Å².